The average molecular weight is 363 g/mol. The fourth-order valence-corrected chi connectivity index (χ4v) is 4.92. The lowest BCUT2D eigenvalue weighted by Gasteiger charge is -2.30. The molecule has 4 nitrogen and oxygen atoms in total. The fraction of sp³-hybridized carbons (Fsp3) is 0.700. The van der Waals surface area contributed by atoms with E-state index in [-0.39, 0.29) is 11.8 Å². The van der Waals surface area contributed by atoms with Crippen molar-refractivity contribution in [3.8, 4) is 0 Å². The third-order valence-electron chi connectivity index (χ3n) is 5.73. The highest BCUT2D eigenvalue weighted by atomic mass is 32.1. The first-order valence-electron chi connectivity index (χ1n) is 9.74. The smallest absolute Gasteiger partial charge is 0.223 e. The minimum Gasteiger partial charge on any atom is -0.343 e. The van der Waals surface area contributed by atoms with Gasteiger partial charge in [0.25, 0.3) is 0 Å². The van der Waals surface area contributed by atoms with Crippen LogP contribution in [0.4, 0.5) is 0 Å². The van der Waals surface area contributed by atoms with E-state index in [1.165, 1.54) is 42.5 Å². The average Bonchev–Trinajstić information content (AvgIpc) is 3.06. The summed E-state index contributed by atoms with van der Waals surface area (Å²) < 4.78 is 0. The van der Waals surface area contributed by atoms with Crippen LogP contribution in [0, 0.1) is 0 Å². The van der Waals surface area contributed by atoms with Crippen LogP contribution in [0.15, 0.2) is 11.4 Å². The minimum absolute atomic E-state index is 0.122. The Morgan fingerprint density at radius 3 is 2.64 bits per heavy atom. The molecule has 1 aliphatic carbocycles. The fourth-order valence-electron chi connectivity index (χ4n) is 4.04. The Balaban J connectivity index is 1.45. The lowest BCUT2D eigenvalue weighted by atomic mass is 9.95. The lowest BCUT2D eigenvalue weighted by Crippen LogP contribution is -2.39. The first-order chi connectivity index (χ1) is 12.1. The van der Waals surface area contributed by atoms with Crippen molar-refractivity contribution in [1.29, 1.82) is 0 Å². The number of nitrogens with zero attached hydrogens (tertiary/aromatic N) is 2. The van der Waals surface area contributed by atoms with Crippen molar-refractivity contribution < 1.29 is 9.59 Å². The van der Waals surface area contributed by atoms with Gasteiger partial charge in [0.05, 0.1) is 0 Å². The largest absolute Gasteiger partial charge is 0.343 e. The van der Waals surface area contributed by atoms with Crippen LogP contribution in [0.1, 0.15) is 68.2 Å². The monoisotopic (exact) mass is 362 g/mol. The topological polar surface area (TPSA) is 40.6 Å². The molecule has 2 heterocycles. The van der Waals surface area contributed by atoms with Gasteiger partial charge >= 0.3 is 0 Å². The summed E-state index contributed by atoms with van der Waals surface area (Å²) in [6.45, 7) is 1.50. The third kappa shape index (κ3) is 4.84. The zero-order chi connectivity index (χ0) is 17.6. The zero-order valence-corrected chi connectivity index (χ0v) is 16.2. The highest BCUT2D eigenvalue weighted by Crippen LogP contribution is 2.25. The number of carbonyl (C=O) groups is 2. The summed E-state index contributed by atoms with van der Waals surface area (Å²) in [4.78, 5) is 30.3. The van der Waals surface area contributed by atoms with E-state index in [9.17, 15) is 9.59 Å². The quantitative estimate of drug-likeness (QED) is 0.813. The maximum Gasteiger partial charge on any atom is 0.223 e. The molecule has 1 aromatic rings. The Hall–Kier alpha value is -1.36. The van der Waals surface area contributed by atoms with Crippen LogP contribution < -0.4 is 0 Å². The second-order valence-electron chi connectivity index (χ2n) is 7.44. The molecule has 0 N–H and O–H groups in total. The van der Waals surface area contributed by atoms with Crippen molar-refractivity contribution >= 4 is 23.2 Å². The Morgan fingerprint density at radius 2 is 1.88 bits per heavy atom. The first kappa shape index (κ1) is 18.4. The Kier molecular flexibility index (Phi) is 6.51. The molecule has 1 fully saturated rings. The van der Waals surface area contributed by atoms with Gasteiger partial charge in [-0.2, -0.15) is 0 Å². The van der Waals surface area contributed by atoms with Gasteiger partial charge in [0, 0.05) is 43.9 Å². The number of thiophene rings is 1. The molecule has 0 bridgehead atoms. The Labute approximate surface area is 155 Å². The molecule has 1 aliphatic heterocycles. The van der Waals surface area contributed by atoms with Crippen molar-refractivity contribution in [3.63, 3.8) is 0 Å². The van der Waals surface area contributed by atoms with Crippen LogP contribution >= 0.6 is 11.3 Å². The predicted octanol–water partition coefficient (Wildman–Crippen LogP) is 3.98. The molecule has 0 aromatic carbocycles. The van der Waals surface area contributed by atoms with Gasteiger partial charge in [0.1, 0.15) is 0 Å². The van der Waals surface area contributed by atoms with Gasteiger partial charge in [-0.3, -0.25) is 9.59 Å². The van der Waals surface area contributed by atoms with E-state index in [0.717, 1.165) is 25.8 Å². The highest BCUT2D eigenvalue weighted by Gasteiger charge is 2.24. The molecule has 0 saturated heterocycles. The van der Waals surface area contributed by atoms with Crippen LogP contribution in [-0.2, 0) is 22.6 Å². The summed E-state index contributed by atoms with van der Waals surface area (Å²) in [5.41, 5.74) is 1.28. The minimum atomic E-state index is 0.122. The summed E-state index contributed by atoms with van der Waals surface area (Å²) in [6, 6.07) is 2.48. The molecular formula is C20H30N2O2S. The van der Waals surface area contributed by atoms with E-state index in [4.69, 9.17) is 0 Å². The van der Waals surface area contributed by atoms with E-state index in [2.05, 4.69) is 11.4 Å². The number of carbonyl (C=O) groups excluding carboxylic acids is 2. The number of fused-ring (bicyclic) bond motifs is 1. The van der Waals surface area contributed by atoms with E-state index >= 15 is 0 Å². The molecule has 2 aliphatic rings. The summed E-state index contributed by atoms with van der Waals surface area (Å²) in [5, 5.41) is 2.10. The molecule has 3 rings (SSSR count). The normalized spacial score (nSPS) is 19.0. The van der Waals surface area contributed by atoms with E-state index in [1.54, 1.807) is 11.3 Å². The van der Waals surface area contributed by atoms with Crippen LogP contribution in [-0.4, -0.2) is 41.2 Å². The number of hydrogen-bond acceptors (Lipinski definition) is 3. The van der Waals surface area contributed by atoms with Crippen molar-refractivity contribution in [1.82, 2.24) is 9.80 Å². The van der Waals surface area contributed by atoms with Crippen LogP contribution in [0.25, 0.3) is 0 Å². The van der Waals surface area contributed by atoms with Crippen LogP contribution in [0.5, 0.6) is 0 Å². The zero-order valence-electron chi connectivity index (χ0n) is 15.3. The Bertz CT molecular complexity index is 590. The standard InChI is InChI=1S/C20H30N2O2S/c1-21(17-7-5-3-2-4-6-8-17)19(23)9-10-20(24)22-13-11-18-16(15-22)12-14-25-18/h12,14,17H,2-11,13,15H2,1H3. The summed E-state index contributed by atoms with van der Waals surface area (Å²) in [5.74, 6) is 0.253. The van der Waals surface area contributed by atoms with Gasteiger partial charge in [0.15, 0.2) is 0 Å². The van der Waals surface area contributed by atoms with Gasteiger partial charge in [-0.25, -0.2) is 0 Å². The summed E-state index contributed by atoms with van der Waals surface area (Å²) in [6.07, 6.45) is 10.2. The second-order valence-corrected chi connectivity index (χ2v) is 8.44. The van der Waals surface area contributed by atoms with Gasteiger partial charge in [-0.15, -0.1) is 11.3 Å². The molecule has 0 atom stereocenters. The van der Waals surface area contributed by atoms with Gasteiger partial charge in [0.2, 0.25) is 11.8 Å². The Morgan fingerprint density at radius 1 is 1.16 bits per heavy atom. The number of amides is 2. The SMILES string of the molecule is CN(C(=O)CCC(=O)N1CCc2sccc2C1)C1CCCCCCC1. The predicted molar refractivity (Wildman–Crippen MR) is 102 cm³/mol. The molecule has 0 radical (unpaired) electrons. The molecule has 0 spiro atoms. The molecule has 5 heteroatoms. The second kappa shape index (κ2) is 8.84. The maximum absolute atomic E-state index is 12.5. The molecule has 1 aromatic heterocycles. The molecule has 1 saturated carbocycles. The summed E-state index contributed by atoms with van der Waals surface area (Å²) >= 11 is 1.78. The molecule has 2 amide bonds. The van der Waals surface area contributed by atoms with E-state index in [1.807, 2.05) is 16.8 Å². The molecular weight excluding hydrogens is 332 g/mol. The molecule has 138 valence electrons. The maximum atomic E-state index is 12.5. The van der Waals surface area contributed by atoms with Crippen molar-refractivity contribution in [2.45, 2.75) is 76.8 Å². The van der Waals surface area contributed by atoms with Crippen LogP contribution in [0.2, 0.25) is 0 Å². The lowest BCUT2D eigenvalue weighted by molar-refractivity contribution is -0.138. The third-order valence-corrected chi connectivity index (χ3v) is 6.75. The molecule has 0 unspecified atom stereocenters. The first-order valence-corrected chi connectivity index (χ1v) is 10.6. The van der Waals surface area contributed by atoms with Gasteiger partial charge in [-0.1, -0.05) is 32.1 Å². The van der Waals surface area contributed by atoms with Crippen molar-refractivity contribution in [2.75, 3.05) is 13.6 Å². The van der Waals surface area contributed by atoms with E-state index in [0.29, 0.717) is 25.4 Å². The van der Waals surface area contributed by atoms with Gasteiger partial charge in [-0.05, 0) is 36.3 Å². The highest BCUT2D eigenvalue weighted by molar-refractivity contribution is 7.10. The van der Waals surface area contributed by atoms with Gasteiger partial charge < -0.3 is 9.80 Å². The van der Waals surface area contributed by atoms with Crippen LogP contribution in [0.3, 0.4) is 0 Å². The van der Waals surface area contributed by atoms with Crippen molar-refractivity contribution in [3.05, 3.63) is 21.9 Å². The number of rotatable bonds is 4. The van der Waals surface area contributed by atoms with E-state index < -0.39 is 0 Å². The van der Waals surface area contributed by atoms with Crippen molar-refractivity contribution in [2.24, 2.45) is 0 Å². The summed E-state index contributed by atoms with van der Waals surface area (Å²) in [7, 11) is 1.93. The number of hydrogen-bond donors (Lipinski definition) is 0. The molecule has 25 heavy (non-hydrogen) atoms.